The Bertz CT molecular complexity index is 261. The highest BCUT2D eigenvalue weighted by atomic mass is 15.0. The van der Waals surface area contributed by atoms with Crippen LogP contribution in [-0.2, 0) is 13.5 Å². The molecule has 0 aliphatic carbocycles. The molecule has 1 N–H and O–H groups in total. The molecule has 1 fully saturated rings. The Labute approximate surface area is 79.2 Å². The molecule has 0 spiro atoms. The molecule has 0 bridgehead atoms. The Kier molecular flexibility index (Phi) is 2.64. The van der Waals surface area contributed by atoms with E-state index in [1.165, 1.54) is 31.6 Å². The number of rotatable bonds is 3. The molecule has 3 heteroatoms. The van der Waals surface area contributed by atoms with Crippen LogP contribution in [0.5, 0.6) is 0 Å². The van der Waals surface area contributed by atoms with Gasteiger partial charge in [-0.1, -0.05) is 0 Å². The predicted molar refractivity (Wildman–Crippen MR) is 52.6 cm³/mol. The van der Waals surface area contributed by atoms with E-state index in [4.69, 9.17) is 0 Å². The maximum absolute atomic E-state index is 4.31. The molecule has 1 aromatic heterocycles. The number of nitrogens with zero attached hydrogens (tertiary/aromatic N) is 2. The normalized spacial score (nSPS) is 22.4. The van der Waals surface area contributed by atoms with Crippen molar-refractivity contribution in [2.75, 3.05) is 6.54 Å². The topological polar surface area (TPSA) is 29.9 Å². The molecule has 2 rings (SSSR count). The van der Waals surface area contributed by atoms with Crippen molar-refractivity contribution in [3.05, 3.63) is 18.2 Å². The smallest absolute Gasteiger partial charge is 0.108 e. The molecular weight excluding hydrogens is 162 g/mol. The van der Waals surface area contributed by atoms with Crippen molar-refractivity contribution in [1.29, 1.82) is 0 Å². The standard InChI is InChI=1S/C10H17N3/c1-13-8-7-12-10(13)5-4-9-3-2-6-11-9/h7-9,11H,2-6H2,1H3. The van der Waals surface area contributed by atoms with Crippen LogP contribution in [0.15, 0.2) is 12.4 Å². The second-order valence-electron chi connectivity index (χ2n) is 3.79. The fourth-order valence-electron chi connectivity index (χ4n) is 1.94. The Morgan fingerprint density at radius 1 is 1.69 bits per heavy atom. The average Bonchev–Trinajstić information content (AvgIpc) is 2.72. The number of aromatic nitrogens is 2. The van der Waals surface area contributed by atoms with Crippen molar-refractivity contribution < 1.29 is 0 Å². The van der Waals surface area contributed by atoms with Crippen LogP contribution >= 0.6 is 0 Å². The van der Waals surface area contributed by atoms with Crippen LogP contribution in [0, 0.1) is 0 Å². The third kappa shape index (κ3) is 2.10. The van der Waals surface area contributed by atoms with Gasteiger partial charge in [0.1, 0.15) is 5.82 Å². The highest BCUT2D eigenvalue weighted by molar-refractivity contribution is 4.92. The highest BCUT2D eigenvalue weighted by Crippen LogP contribution is 2.11. The van der Waals surface area contributed by atoms with Gasteiger partial charge in [0.25, 0.3) is 0 Å². The molecule has 2 heterocycles. The molecule has 13 heavy (non-hydrogen) atoms. The van der Waals surface area contributed by atoms with Crippen molar-refractivity contribution in [2.45, 2.75) is 31.7 Å². The van der Waals surface area contributed by atoms with Crippen LogP contribution in [0.1, 0.15) is 25.1 Å². The molecule has 0 aromatic carbocycles. The summed E-state index contributed by atoms with van der Waals surface area (Å²) < 4.78 is 2.11. The SMILES string of the molecule is Cn1ccnc1CCC1CCCN1. The molecule has 1 atom stereocenters. The zero-order valence-corrected chi connectivity index (χ0v) is 8.16. The summed E-state index contributed by atoms with van der Waals surface area (Å²) in [5.41, 5.74) is 0. The van der Waals surface area contributed by atoms with E-state index in [2.05, 4.69) is 21.9 Å². The molecular formula is C10H17N3. The highest BCUT2D eigenvalue weighted by Gasteiger charge is 2.14. The minimum absolute atomic E-state index is 0.733. The fourth-order valence-corrected chi connectivity index (χ4v) is 1.94. The minimum Gasteiger partial charge on any atom is -0.338 e. The summed E-state index contributed by atoms with van der Waals surface area (Å²) in [4.78, 5) is 4.31. The first-order chi connectivity index (χ1) is 6.36. The summed E-state index contributed by atoms with van der Waals surface area (Å²) in [5, 5.41) is 3.50. The quantitative estimate of drug-likeness (QED) is 0.753. The number of imidazole rings is 1. The summed E-state index contributed by atoms with van der Waals surface area (Å²) in [7, 11) is 2.06. The lowest BCUT2D eigenvalue weighted by Gasteiger charge is -2.08. The van der Waals surface area contributed by atoms with Crippen LogP contribution in [0.3, 0.4) is 0 Å². The van der Waals surface area contributed by atoms with E-state index in [1.807, 2.05) is 12.4 Å². The molecule has 1 aliphatic heterocycles. The van der Waals surface area contributed by atoms with E-state index < -0.39 is 0 Å². The summed E-state index contributed by atoms with van der Waals surface area (Å²) in [6.45, 7) is 1.20. The Balaban J connectivity index is 1.82. The van der Waals surface area contributed by atoms with Gasteiger partial charge < -0.3 is 9.88 Å². The van der Waals surface area contributed by atoms with Gasteiger partial charge in [-0.2, -0.15) is 0 Å². The van der Waals surface area contributed by atoms with Gasteiger partial charge in [0.2, 0.25) is 0 Å². The van der Waals surface area contributed by atoms with E-state index in [0.717, 1.165) is 12.5 Å². The Hall–Kier alpha value is -0.830. The maximum atomic E-state index is 4.31. The molecule has 1 aromatic rings. The second kappa shape index (κ2) is 3.92. The van der Waals surface area contributed by atoms with Gasteiger partial charge in [-0.15, -0.1) is 0 Å². The molecule has 72 valence electrons. The molecule has 0 amide bonds. The lowest BCUT2D eigenvalue weighted by Crippen LogP contribution is -2.22. The Morgan fingerprint density at radius 3 is 3.23 bits per heavy atom. The monoisotopic (exact) mass is 179 g/mol. The average molecular weight is 179 g/mol. The molecule has 0 radical (unpaired) electrons. The zero-order chi connectivity index (χ0) is 9.10. The number of hydrogen-bond donors (Lipinski definition) is 1. The summed E-state index contributed by atoms with van der Waals surface area (Å²) in [5.74, 6) is 1.20. The fraction of sp³-hybridized carbons (Fsp3) is 0.700. The molecule has 1 saturated heterocycles. The van der Waals surface area contributed by atoms with E-state index in [-0.39, 0.29) is 0 Å². The lowest BCUT2D eigenvalue weighted by molar-refractivity contribution is 0.545. The van der Waals surface area contributed by atoms with Crippen LogP contribution < -0.4 is 5.32 Å². The number of aryl methyl sites for hydroxylation is 2. The van der Waals surface area contributed by atoms with E-state index in [1.54, 1.807) is 0 Å². The molecule has 1 aliphatic rings. The van der Waals surface area contributed by atoms with Crippen LogP contribution in [0.4, 0.5) is 0 Å². The van der Waals surface area contributed by atoms with E-state index in [9.17, 15) is 0 Å². The number of hydrogen-bond acceptors (Lipinski definition) is 2. The third-order valence-corrected chi connectivity index (χ3v) is 2.80. The predicted octanol–water partition coefficient (Wildman–Crippen LogP) is 1.10. The van der Waals surface area contributed by atoms with Crippen molar-refractivity contribution >= 4 is 0 Å². The van der Waals surface area contributed by atoms with Crippen LogP contribution in [-0.4, -0.2) is 22.1 Å². The van der Waals surface area contributed by atoms with Gasteiger partial charge in [-0.25, -0.2) is 4.98 Å². The lowest BCUT2D eigenvalue weighted by atomic mass is 10.1. The van der Waals surface area contributed by atoms with Gasteiger partial charge in [-0.05, 0) is 25.8 Å². The first-order valence-electron chi connectivity index (χ1n) is 5.06. The Morgan fingerprint density at radius 2 is 2.62 bits per heavy atom. The molecule has 0 saturated carbocycles. The third-order valence-electron chi connectivity index (χ3n) is 2.80. The minimum atomic E-state index is 0.733. The van der Waals surface area contributed by atoms with Crippen molar-refractivity contribution in [3.63, 3.8) is 0 Å². The van der Waals surface area contributed by atoms with Gasteiger partial charge >= 0.3 is 0 Å². The summed E-state index contributed by atoms with van der Waals surface area (Å²) >= 11 is 0. The van der Waals surface area contributed by atoms with Gasteiger partial charge in [-0.3, -0.25) is 0 Å². The van der Waals surface area contributed by atoms with E-state index in [0.29, 0.717) is 0 Å². The van der Waals surface area contributed by atoms with E-state index >= 15 is 0 Å². The van der Waals surface area contributed by atoms with Gasteiger partial charge in [0.15, 0.2) is 0 Å². The van der Waals surface area contributed by atoms with Crippen molar-refractivity contribution in [3.8, 4) is 0 Å². The van der Waals surface area contributed by atoms with Crippen LogP contribution in [0.25, 0.3) is 0 Å². The maximum Gasteiger partial charge on any atom is 0.108 e. The molecule has 3 nitrogen and oxygen atoms in total. The van der Waals surface area contributed by atoms with Crippen molar-refractivity contribution in [1.82, 2.24) is 14.9 Å². The second-order valence-corrected chi connectivity index (χ2v) is 3.79. The van der Waals surface area contributed by atoms with Crippen LogP contribution in [0.2, 0.25) is 0 Å². The van der Waals surface area contributed by atoms with Gasteiger partial charge in [0, 0.05) is 31.9 Å². The summed E-state index contributed by atoms with van der Waals surface area (Å²) in [6.07, 6.45) is 8.89. The zero-order valence-electron chi connectivity index (χ0n) is 8.16. The van der Waals surface area contributed by atoms with Crippen molar-refractivity contribution in [2.24, 2.45) is 7.05 Å². The largest absolute Gasteiger partial charge is 0.338 e. The molecule has 1 unspecified atom stereocenters. The summed E-state index contributed by atoms with van der Waals surface area (Å²) in [6, 6.07) is 0.733. The first kappa shape index (κ1) is 8.75. The van der Waals surface area contributed by atoms with Gasteiger partial charge in [0.05, 0.1) is 0 Å². The first-order valence-corrected chi connectivity index (χ1v) is 5.06. The number of nitrogens with one attached hydrogen (secondary N) is 1.